The predicted octanol–water partition coefficient (Wildman–Crippen LogP) is 2.75. The zero-order valence-corrected chi connectivity index (χ0v) is 13.8. The minimum atomic E-state index is -3.49. The molecule has 0 bridgehead atoms. The van der Waals surface area contributed by atoms with Gasteiger partial charge in [0.05, 0.1) is 23.3 Å². The Labute approximate surface area is 130 Å². The van der Waals surface area contributed by atoms with Crippen molar-refractivity contribution in [2.24, 2.45) is 0 Å². The molecule has 0 aliphatic rings. The molecule has 1 aromatic carbocycles. The molecular weight excluding hydrogens is 302 g/mol. The Bertz CT molecular complexity index is 717. The van der Waals surface area contributed by atoms with E-state index in [1.54, 1.807) is 12.1 Å². The van der Waals surface area contributed by atoms with Gasteiger partial charge in [0.1, 0.15) is 5.76 Å². The van der Waals surface area contributed by atoms with E-state index in [-0.39, 0.29) is 17.4 Å². The van der Waals surface area contributed by atoms with Crippen molar-refractivity contribution in [3.8, 4) is 0 Å². The lowest BCUT2D eigenvalue weighted by atomic mass is 10.1. The molecule has 1 N–H and O–H groups in total. The highest BCUT2D eigenvalue weighted by Crippen LogP contribution is 2.22. The maximum absolute atomic E-state index is 12.3. The Kier molecular flexibility index (Phi) is 5.03. The lowest BCUT2D eigenvalue weighted by Gasteiger charge is -2.12. The lowest BCUT2D eigenvalue weighted by Crippen LogP contribution is -2.17. The van der Waals surface area contributed by atoms with Gasteiger partial charge in [-0.25, -0.2) is 13.4 Å². The molecule has 0 saturated heterocycles. The first-order valence-electron chi connectivity index (χ1n) is 7.16. The fraction of sp³-hybridized carbons (Fsp3) is 0.438. The summed E-state index contributed by atoms with van der Waals surface area (Å²) in [5, 5.41) is 10.1. The second-order valence-corrected chi connectivity index (χ2v) is 7.91. The molecule has 0 fully saturated rings. The fourth-order valence-corrected chi connectivity index (χ4v) is 3.67. The van der Waals surface area contributed by atoms with E-state index in [4.69, 9.17) is 4.42 Å². The molecule has 1 unspecified atom stereocenters. The van der Waals surface area contributed by atoms with Gasteiger partial charge in [-0.3, -0.25) is 0 Å². The molecule has 22 heavy (non-hydrogen) atoms. The van der Waals surface area contributed by atoms with Crippen LogP contribution in [0.25, 0.3) is 0 Å². The van der Waals surface area contributed by atoms with Crippen LogP contribution in [0.4, 0.5) is 0 Å². The maximum atomic E-state index is 12.3. The zero-order valence-electron chi connectivity index (χ0n) is 13.0. The highest BCUT2D eigenvalue weighted by atomic mass is 32.2. The van der Waals surface area contributed by atoms with Crippen molar-refractivity contribution < 1.29 is 17.9 Å². The molecule has 0 aliphatic heterocycles. The summed E-state index contributed by atoms with van der Waals surface area (Å²) in [7, 11) is -3.49. The summed E-state index contributed by atoms with van der Waals surface area (Å²) in [5.74, 6) is 0.0866. The number of aliphatic hydroxyl groups excluding tert-OH is 1. The average molecular weight is 323 g/mol. The van der Waals surface area contributed by atoms with Crippen LogP contribution in [0.1, 0.15) is 48.5 Å². The molecule has 0 amide bonds. The number of sulfone groups is 1. The molecule has 5 nitrogen and oxygen atoms in total. The Balaban J connectivity index is 2.10. The predicted molar refractivity (Wildman–Crippen MR) is 84.2 cm³/mol. The second-order valence-electron chi connectivity index (χ2n) is 5.80. The largest absolute Gasteiger partial charge is 0.448 e. The molecule has 6 heteroatoms. The van der Waals surface area contributed by atoms with Crippen molar-refractivity contribution in [3.05, 3.63) is 53.2 Å². The summed E-state index contributed by atoms with van der Waals surface area (Å²) in [4.78, 5) is 3.99. The number of aromatic nitrogens is 1. The Hall–Kier alpha value is -1.66. The van der Waals surface area contributed by atoms with Crippen LogP contribution < -0.4 is 0 Å². The van der Waals surface area contributed by atoms with Crippen molar-refractivity contribution in [1.29, 1.82) is 0 Å². The standard InChI is InChI=1S/C16H21NO4S/c1-11(2)16-14(17-10-21-16)8-22(19,20)9-15(18)13-6-4-12(3)5-7-13/h4-7,10-11,15,18H,8-9H2,1-3H3. The summed E-state index contributed by atoms with van der Waals surface area (Å²) in [6, 6.07) is 7.18. The van der Waals surface area contributed by atoms with Gasteiger partial charge in [-0.05, 0) is 12.5 Å². The van der Waals surface area contributed by atoms with Crippen LogP contribution in [0.2, 0.25) is 0 Å². The molecule has 1 atom stereocenters. The summed E-state index contributed by atoms with van der Waals surface area (Å²) in [6.07, 6.45) is 0.219. The van der Waals surface area contributed by atoms with Gasteiger partial charge in [-0.1, -0.05) is 43.7 Å². The molecule has 0 radical (unpaired) electrons. The highest BCUT2D eigenvalue weighted by molar-refractivity contribution is 7.90. The monoisotopic (exact) mass is 323 g/mol. The number of nitrogens with zero attached hydrogens (tertiary/aromatic N) is 1. The third-order valence-corrected chi connectivity index (χ3v) is 4.96. The smallest absolute Gasteiger partial charge is 0.181 e. The van der Waals surface area contributed by atoms with Gasteiger partial charge in [-0.2, -0.15) is 0 Å². The van der Waals surface area contributed by atoms with Crippen LogP contribution in [-0.4, -0.2) is 24.3 Å². The number of aliphatic hydroxyl groups is 1. The Morgan fingerprint density at radius 3 is 2.45 bits per heavy atom. The molecule has 0 aliphatic carbocycles. The quantitative estimate of drug-likeness (QED) is 0.884. The Morgan fingerprint density at radius 1 is 1.23 bits per heavy atom. The summed E-state index contributed by atoms with van der Waals surface area (Å²) in [6.45, 7) is 5.76. The van der Waals surface area contributed by atoms with Crippen molar-refractivity contribution in [3.63, 3.8) is 0 Å². The van der Waals surface area contributed by atoms with Gasteiger partial charge in [0, 0.05) is 5.92 Å². The minimum Gasteiger partial charge on any atom is -0.448 e. The second kappa shape index (κ2) is 6.62. The van der Waals surface area contributed by atoms with Crippen molar-refractivity contribution in [1.82, 2.24) is 4.98 Å². The fourth-order valence-electron chi connectivity index (χ4n) is 2.25. The molecule has 1 heterocycles. The summed E-state index contributed by atoms with van der Waals surface area (Å²) < 4.78 is 29.8. The van der Waals surface area contributed by atoms with Gasteiger partial charge in [0.2, 0.25) is 0 Å². The van der Waals surface area contributed by atoms with Crippen molar-refractivity contribution in [2.75, 3.05) is 5.75 Å². The first-order chi connectivity index (χ1) is 10.3. The summed E-state index contributed by atoms with van der Waals surface area (Å²) in [5.41, 5.74) is 2.08. The molecule has 0 saturated carbocycles. The van der Waals surface area contributed by atoms with E-state index < -0.39 is 15.9 Å². The van der Waals surface area contributed by atoms with E-state index in [2.05, 4.69) is 4.98 Å². The van der Waals surface area contributed by atoms with Crippen molar-refractivity contribution in [2.45, 2.75) is 38.5 Å². The number of aryl methyl sites for hydroxylation is 1. The third-order valence-electron chi connectivity index (χ3n) is 3.43. The first-order valence-corrected chi connectivity index (χ1v) is 8.98. The van der Waals surface area contributed by atoms with Gasteiger partial charge < -0.3 is 9.52 Å². The molecule has 2 aromatic rings. The van der Waals surface area contributed by atoms with Crippen molar-refractivity contribution >= 4 is 9.84 Å². The van der Waals surface area contributed by atoms with E-state index in [1.165, 1.54) is 6.39 Å². The van der Waals surface area contributed by atoms with E-state index >= 15 is 0 Å². The highest BCUT2D eigenvalue weighted by Gasteiger charge is 2.23. The van der Waals surface area contributed by atoms with Crippen LogP contribution in [0.5, 0.6) is 0 Å². The lowest BCUT2D eigenvalue weighted by molar-refractivity contribution is 0.201. The van der Waals surface area contributed by atoms with E-state index in [0.29, 0.717) is 17.0 Å². The van der Waals surface area contributed by atoms with Crippen LogP contribution in [0.15, 0.2) is 35.1 Å². The van der Waals surface area contributed by atoms with Gasteiger partial charge >= 0.3 is 0 Å². The van der Waals surface area contributed by atoms with Crippen LogP contribution in [0, 0.1) is 6.92 Å². The molecule has 1 aromatic heterocycles. The SMILES string of the molecule is Cc1ccc(C(O)CS(=O)(=O)Cc2ncoc2C(C)C)cc1. The van der Waals surface area contributed by atoms with E-state index in [0.717, 1.165) is 5.56 Å². The molecule has 0 spiro atoms. The van der Waals surface area contributed by atoms with Crippen LogP contribution in [-0.2, 0) is 15.6 Å². The van der Waals surface area contributed by atoms with Crippen LogP contribution >= 0.6 is 0 Å². The van der Waals surface area contributed by atoms with E-state index in [1.807, 2.05) is 32.9 Å². The number of hydrogen-bond donors (Lipinski definition) is 1. The average Bonchev–Trinajstić information content (AvgIpc) is 2.86. The van der Waals surface area contributed by atoms with Gasteiger partial charge in [0.25, 0.3) is 0 Å². The Morgan fingerprint density at radius 2 is 1.86 bits per heavy atom. The normalized spacial score (nSPS) is 13.5. The number of hydrogen-bond acceptors (Lipinski definition) is 5. The zero-order chi connectivity index (χ0) is 16.3. The van der Waals surface area contributed by atoms with Gasteiger partial charge in [-0.15, -0.1) is 0 Å². The molecule has 2 rings (SSSR count). The topological polar surface area (TPSA) is 80.4 Å². The molecular formula is C16H21NO4S. The van der Waals surface area contributed by atoms with Crippen LogP contribution in [0.3, 0.4) is 0 Å². The number of rotatable bonds is 6. The molecule has 120 valence electrons. The number of benzene rings is 1. The summed E-state index contributed by atoms with van der Waals surface area (Å²) >= 11 is 0. The number of oxazole rings is 1. The minimum absolute atomic E-state index is 0.0646. The first kappa shape index (κ1) is 16.7. The third kappa shape index (κ3) is 4.18. The van der Waals surface area contributed by atoms with E-state index in [9.17, 15) is 13.5 Å². The van der Waals surface area contributed by atoms with Gasteiger partial charge in [0.15, 0.2) is 16.2 Å². The maximum Gasteiger partial charge on any atom is 0.181 e.